The van der Waals surface area contributed by atoms with E-state index >= 15 is 0 Å². The van der Waals surface area contributed by atoms with Crippen LogP contribution < -0.4 is 5.32 Å². The Morgan fingerprint density at radius 1 is 1.27 bits per heavy atom. The lowest BCUT2D eigenvalue weighted by atomic mass is 10.1. The normalized spacial score (nSPS) is 12.2. The molecule has 2 rings (SSSR count). The standard InChI is InChI=1S/C16H19ClN4O/c1-11-8-19-14(9-18-11)16(22)20-10-15(21(2)3)12-6-4-5-7-13(12)17/h4-9,15H,10H2,1-3H3,(H,20,22). The Bertz CT molecular complexity index is 643. The van der Waals surface area contributed by atoms with Gasteiger partial charge >= 0.3 is 0 Å². The molecule has 116 valence electrons. The second-order valence-corrected chi connectivity index (χ2v) is 5.66. The summed E-state index contributed by atoms with van der Waals surface area (Å²) in [5, 5.41) is 3.57. The minimum atomic E-state index is -0.244. The van der Waals surface area contributed by atoms with Gasteiger partial charge in [-0.15, -0.1) is 0 Å². The number of aromatic nitrogens is 2. The average Bonchev–Trinajstić information content (AvgIpc) is 2.49. The number of amides is 1. The van der Waals surface area contributed by atoms with E-state index in [1.165, 1.54) is 6.20 Å². The smallest absolute Gasteiger partial charge is 0.271 e. The van der Waals surface area contributed by atoms with Crippen molar-refractivity contribution in [2.45, 2.75) is 13.0 Å². The van der Waals surface area contributed by atoms with Gasteiger partial charge in [-0.1, -0.05) is 29.8 Å². The first-order valence-electron chi connectivity index (χ1n) is 6.96. The zero-order valence-corrected chi connectivity index (χ0v) is 13.6. The fourth-order valence-corrected chi connectivity index (χ4v) is 2.37. The summed E-state index contributed by atoms with van der Waals surface area (Å²) in [5.74, 6) is -0.244. The maximum absolute atomic E-state index is 12.1. The third-order valence-corrected chi connectivity index (χ3v) is 3.70. The number of hydrogen-bond acceptors (Lipinski definition) is 4. The molecule has 1 heterocycles. The first-order chi connectivity index (χ1) is 10.5. The van der Waals surface area contributed by atoms with Crippen molar-refractivity contribution in [2.75, 3.05) is 20.6 Å². The Morgan fingerprint density at radius 3 is 2.59 bits per heavy atom. The molecule has 1 unspecified atom stereocenters. The van der Waals surface area contributed by atoms with E-state index in [1.807, 2.05) is 50.2 Å². The molecule has 0 aliphatic carbocycles. The van der Waals surface area contributed by atoms with Gasteiger partial charge < -0.3 is 10.2 Å². The molecule has 6 heteroatoms. The summed E-state index contributed by atoms with van der Waals surface area (Å²) in [6.07, 6.45) is 3.05. The summed E-state index contributed by atoms with van der Waals surface area (Å²) in [7, 11) is 3.90. The Balaban J connectivity index is 2.08. The zero-order chi connectivity index (χ0) is 16.1. The number of hydrogen-bond donors (Lipinski definition) is 1. The number of nitrogens with zero attached hydrogens (tertiary/aromatic N) is 3. The summed E-state index contributed by atoms with van der Waals surface area (Å²) in [5.41, 5.74) is 2.06. The largest absolute Gasteiger partial charge is 0.349 e. The lowest BCUT2D eigenvalue weighted by Gasteiger charge is -2.25. The Kier molecular flexibility index (Phi) is 5.46. The highest BCUT2D eigenvalue weighted by molar-refractivity contribution is 6.31. The van der Waals surface area contributed by atoms with Gasteiger partial charge in [-0.2, -0.15) is 0 Å². The van der Waals surface area contributed by atoms with Crippen LogP contribution in [0.5, 0.6) is 0 Å². The Hall–Kier alpha value is -1.98. The van der Waals surface area contributed by atoms with Crippen molar-refractivity contribution in [3.05, 3.63) is 58.6 Å². The van der Waals surface area contributed by atoms with Gasteiger partial charge in [0.25, 0.3) is 5.91 Å². The fourth-order valence-electron chi connectivity index (χ4n) is 2.11. The van der Waals surface area contributed by atoms with Gasteiger partial charge in [0, 0.05) is 17.8 Å². The highest BCUT2D eigenvalue weighted by atomic mass is 35.5. The summed E-state index contributed by atoms with van der Waals surface area (Å²) in [6, 6.07) is 7.62. The van der Waals surface area contributed by atoms with E-state index in [4.69, 9.17) is 11.6 Å². The van der Waals surface area contributed by atoms with Crippen LogP contribution in [-0.4, -0.2) is 41.4 Å². The number of likely N-dealkylation sites (N-methyl/N-ethyl adjacent to an activating group) is 1. The number of halogens is 1. The molecule has 0 spiro atoms. The number of benzene rings is 1. The van der Waals surface area contributed by atoms with E-state index < -0.39 is 0 Å². The predicted molar refractivity (Wildman–Crippen MR) is 87.0 cm³/mol. The van der Waals surface area contributed by atoms with Crippen LogP contribution in [-0.2, 0) is 0 Å². The molecule has 1 atom stereocenters. The minimum absolute atomic E-state index is 0.0175. The van der Waals surface area contributed by atoms with Crippen molar-refractivity contribution in [3.63, 3.8) is 0 Å². The molecule has 0 aliphatic rings. The summed E-state index contributed by atoms with van der Waals surface area (Å²) in [4.78, 5) is 22.3. The lowest BCUT2D eigenvalue weighted by molar-refractivity contribution is 0.0936. The van der Waals surface area contributed by atoms with Crippen LogP contribution in [0.1, 0.15) is 27.8 Å². The van der Waals surface area contributed by atoms with Gasteiger partial charge in [0.05, 0.1) is 17.9 Å². The van der Waals surface area contributed by atoms with E-state index in [1.54, 1.807) is 6.20 Å². The lowest BCUT2D eigenvalue weighted by Crippen LogP contribution is -2.35. The average molecular weight is 319 g/mol. The van der Waals surface area contributed by atoms with Crippen molar-refractivity contribution < 1.29 is 4.79 Å². The molecule has 1 amide bonds. The van der Waals surface area contributed by atoms with Crippen molar-refractivity contribution in [2.24, 2.45) is 0 Å². The molecule has 0 bridgehead atoms. The monoisotopic (exact) mass is 318 g/mol. The second kappa shape index (κ2) is 7.33. The van der Waals surface area contributed by atoms with Crippen LogP contribution in [0.15, 0.2) is 36.7 Å². The summed E-state index contributed by atoms with van der Waals surface area (Å²) < 4.78 is 0. The topological polar surface area (TPSA) is 58.1 Å². The molecule has 0 aliphatic heterocycles. The van der Waals surface area contributed by atoms with Gasteiger partial charge in [0.15, 0.2) is 0 Å². The van der Waals surface area contributed by atoms with Crippen LogP contribution in [0.2, 0.25) is 5.02 Å². The third kappa shape index (κ3) is 4.02. The first-order valence-corrected chi connectivity index (χ1v) is 7.34. The molecule has 2 aromatic rings. The number of aryl methyl sites for hydroxylation is 1. The number of carbonyl (C=O) groups excluding carboxylic acids is 1. The SMILES string of the molecule is Cc1cnc(C(=O)NCC(c2ccccc2Cl)N(C)C)cn1. The van der Waals surface area contributed by atoms with E-state index in [2.05, 4.69) is 15.3 Å². The van der Waals surface area contributed by atoms with Crippen molar-refractivity contribution >= 4 is 17.5 Å². The minimum Gasteiger partial charge on any atom is -0.349 e. The molecular formula is C16H19ClN4O. The molecule has 0 saturated carbocycles. The van der Waals surface area contributed by atoms with Gasteiger partial charge in [0.2, 0.25) is 0 Å². The molecule has 22 heavy (non-hydrogen) atoms. The molecule has 1 aromatic carbocycles. The molecule has 0 fully saturated rings. The quantitative estimate of drug-likeness (QED) is 0.920. The number of nitrogens with one attached hydrogen (secondary N) is 1. The van der Waals surface area contributed by atoms with Crippen LogP contribution in [0.25, 0.3) is 0 Å². The van der Waals surface area contributed by atoms with Crippen LogP contribution in [0.3, 0.4) is 0 Å². The van der Waals surface area contributed by atoms with Crippen LogP contribution in [0, 0.1) is 6.92 Å². The fraction of sp³-hybridized carbons (Fsp3) is 0.312. The van der Waals surface area contributed by atoms with E-state index in [0.29, 0.717) is 17.3 Å². The van der Waals surface area contributed by atoms with Crippen molar-refractivity contribution in [1.82, 2.24) is 20.2 Å². The Morgan fingerprint density at radius 2 is 2.00 bits per heavy atom. The number of rotatable bonds is 5. The predicted octanol–water partition coefficient (Wildman–Crippen LogP) is 2.47. The Labute approximate surface area is 135 Å². The summed E-state index contributed by atoms with van der Waals surface area (Å²) in [6.45, 7) is 2.26. The third-order valence-electron chi connectivity index (χ3n) is 3.36. The molecule has 1 aromatic heterocycles. The second-order valence-electron chi connectivity index (χ2n) is 5.25. The highest BCUT2D eigenvalue weighted by Crippen LogP contribution is 2.25. The first kappa shape index (κ1) is 16.4. The van der Waals surface area contributed by atoms with E-state index in [9.17, 15) is 4.79 Å². The van der Waals surface area contributed by atoms with Gasteiger partial charge in [0.1, 0.15) is 5.69 Å². The molecule has 0 radical (unpaired) electrons. The summed E-state index contributed by atoms with van der Waals surface area (Å²) >= 11 is 6.25. The van der Waals surface area contributed by atoms with Gasteiger partial charge in [-0.05, 0) is 32.6 Å². The maximum atomic E-state index is 12.1. The van der Waals surface area contributed by atoms with Crippen molar-refractivity contribution in [1.29, 1.82) is 0 Å². The zero-order valence-electron chi connectivity index (χ0n) is 12.9. The number of carbonyl (C=O) groups is 1. The molecule has 5 nitrogen and oxygen atoms in total. The van der Waals surface area contributed by atoms with E-state index in [0.717, 1.165) is 11.3 Å². The maximum Gasteiger partial charge on any atom is 0.271 e. The molecule has 1 N–H and O–H groups in total. The molecule has 0 saturated heterocycles. The van der Waals surface area contributed by atoms with Crippen LogP contribution in [0.4, 0.5) is 0 Å². The van der Waals surface area contributed by atoms with Gasteiger partial charge in [-0.25, -0.2) is 4.98 Å². The van der Waals surface area contributed by atoms with Crippen LogP contribution >= 0.6 is 11.6 Å². The van der Waals surface area contributed by atoms with Crippen molar-refractivity contribution in [3.8, 4) is 0 Å². The highest BCUT2D eigenvalue weighted by Gasteiger charge is 2.18. The molecular weight excluding hydrogens is 300 g/mol. The van der Waals surface area contributed by atoms with E-state index in [-0.39, 0.29) is 11.9 Å². The van der Waals surface area contributed by atoms with Gasteiger partial charge in [-0.3, -0.25) is 9.78 Å².